The Morgan fingerprint density at radius 3 is 1.80 bits per heavy atom. The third-order valence-electron chi connectivity index (χ3n) is 0.0943. The SMILES string of the molecule is O=CN(S)S. The fourth-order valence-electron chi connectivity index (χ4n) is 0. The molecule has 0 aliphatic rings. The van der Waals surface area contributed by atoms with Gasteiger partial charge in [0.05, 0.1) is 0 Å². The minimum absolute atomic E-state index is 0.478. The molecule has 1 amide bonds. The van der Waals surface area contributed by atoms with Gasteiger partial charge in [0.2, 0.25) is 6.41 Å². The first-order valence-electron chi connectivity index (χ1n) is 0.894. The quantitative estimate of drug-likeness (QED) is 0.362. The van der Waals surface area contributed by atoms with E-state index in [1.54, 1.807) is 0 Å². The Labute approximate surface area is 41.2 Å². The van der Waals surface area contributed by atoms with Crippen LogP contribution in [0.3, 0.4) is 0 Å². The van der Waals surface area contributed by atoms with E-state index < -0.39 is 0 Å². The highest BCUT2D eigenvalue weighted by atomic mass is 32.2. The van der Waals surface area contributed by atoms with Crippen molar-refractivity contribution in [2.75, 3.05) is 0 Å². The minimum Gasteiger partial charge on any atom is -0.277 e. The molecule has 0 aromatic heterocycles. The fourth-order valence-corrected chi connectivity index (χ4v) is 0. The van der Waals surface area contributed by atoms with Crippen LogP contribution in [0.15, 0.2) is 0 Å². The minimum atomic E-state index is 0.478. The van der Waals surface area contributed by atoms with Gasteiger partial charge in [-0.25, -0.2) is 3.71 Å². The van der Waals surface area contributed by atoms with Gasteiger partial charge >= 0.3 is 0 Å². The summed E-state index contributed by atoms with van der Waals surface area (Å²) in [5, 5.41) is 0. The van der Waals surface area contributed by atoms with Crippen molar-refractivity contribution in [2.45, 2.75) is 0 Å². The van der Waals surface area contributed by atoms with E-state index in [1.165, 1.54) is 0 Å². The highest BCUT2D eigenvalue weighted by molar-refractivity contribution is 7.94. The van der Waals surface area contributed by atoms with Crippen molar-refractivity contribution in [3.63, 3.8) is 0 Å². The highest BCUT2D eigenvalue weighted by Gasteiger charge is 1.71. The maximum atomic E-state index is 9.28. The first kappa shape index (κ1) is 5.17. The second-order valence-corrected chi connectivity index (χ2v) is 1.60. The third kappa shape index (κ3) is 4.17. The highest BCUT2D eigenvalue weighted by Crippen LogP contribution is 1.86. The van der Waals surface area contributed by atoms with Gasteiger partial charge in [0.1, 0.15) is 0 Å². The summed E-state index contributed by atoms with van der Waals surface area (Å²) < 4.78 is 0.833. The molecule has 0 bridgehead atoms. The number of nitrogens with zero attached hydrogens (tertiary/aromatic N) is 1. The van der Waals surface area contributed by atoms with Crippen LogP contribution in [0, 0.1) is 0 Å². The standard InChI is InChI=1S/CH3NOS2/c3-1-2(4)5/h1,4-5H. The van der Waals surface area contributed by atoms with Gasteiger partial charge in [-0.15, -0.1) is 0 Å². The predicted molar refractivity (Wildman–Crippen MR) is 25.9 cm³/mol. The van der Waals surface area contributed by atoms with E-state index in [2.05, 4.69) is 25.6 Å². The Kier molecular flexibility index (Phi) is 2.49. The summed E-state index contributed by atoms with van der Waals surface area (Å²) in [4.78, 5) is 9.28. The lowest BCUT2D eigenvalue weighted by atomic mass is 11.5. The summed E-state index contributed by atoms with van der Waals surface area (Å²) in [6, 6.07) is 0. The van der Waals surface area contributed by atoms with Crippen LogP contribution in [-0.2, 0) is 4.79 Å². The maximum Gasteiger partial charge on any atom is 0.229 e. The second-order valence-electron chi connectivity index (χ2n) is 0.426. The molecule has 5 heavy (non-hydrogen) atoms. The van der Waals surface area contributed by atoms with Gasteiger partial charge in [-0.1, -0.05) is 25.6 Å². The molecule has 0 aromatic carbocycles. The van der Waals surface area contributed by atoms with E-state index >= 15 is 0 Å². The molecule has 0 aliphatic carbocycles. The topological polar surface area (TPSA) is 20.3 Å². The fraction of sp³-hybridized carbons (Fsp3) is 0. The Balaban J connectivity index is 2.83. The number of rotatable bonds is 1. The van der Waals surface area contributed by atoms with Crippen molar-refractivity contribution >= 4 is 32.0 Å². The van der Waals surface area contributed by atoms with Gasteiger partial charge in [-0.05, 0) is 0 Å². The zero-order valence-corrected chi connectivity index (χ0v) is 4.12. The molecule has 0 atom stereocenters. The Bertz CT molecular complexity index is 36.6. The summed E-state index contributed by atoms with van der Waals surface area (Å²) in [5.41, 5.74) is 0. The van der Waals surface area contributed by atoms with Gasteiger partial charge in [-0.3, -0.25) is 4.79 Å². The van der Waals surface area contributed by atoms with Gasteiger partial charge in [-0.2, -0.15) is 0 Å². The maximum absolute atomic E-state index is 9.28. The number of thiol groups is 2. The molecule has 0 saturated heterocycles. The summed E-state index contributed by atoms with van der Waals surface area (Å²) in [6.45, 7) is 0. The lowest BCUT2D eigenvalue weighted by molar-refractivity contribution is -0.110. The molecule has 0 N–H and O–H groups in total. The average Bonchev–Trinajstić information content (AvgIpc) is 1.38. The molecule has 0 radical (unpaired) electrons. The predicted octanol–water partition coefficient (Wildman–Crippen LogP) is 0.134. The molecule has 0 heterocycles. The van der Waals surface area contributed by atoms with Crippen LogP contribution in [0.25, 0.3) is 0 Å². The van der Waals surface area contributed by atoms with E-state index in [4.69, 9.17) is 0 Å². The third-order valence-corrected chi connectivity index (χ3v) is 0.283. The van der Waals surface area contributed by atoms with E-state index in [-0.39, 0.29) is 0 Å². The van der Waals surface area contributed by atoms with Crippen LogP contribution in [-0.4, -0.2) is 10.1 Å². The van der Waals surface area contributed by atoms with E-state index in [9.17, 15) is 4.79 Å². The Hall–Kier alpha value is 0.170. The van der Waals surface area contributed by atoms with E-state index in [0.717, 1.165) is 3.71 Å². The summed E-state index contributed by atoms with van der Waals surface area (Å²) >= 11 is 6.85. The number of amides is 1. The van der Waals surface area contributed by atoms with Crippen molar-refractivity contribution in [2.24, 2.45) is 0 Å². The van der Waals surface area contributed by atoms with Crippen molar-refractivity contribution in [3.8, 4) is 0 Å². The molecule has 0 aromatic rings. The molecule has 0 aliphatic heterocycles. The Morgan fingerprint density at radius 2 is 1.80 bits per heavy atom. The molecule has 0 saturated carbocycles. The van der Waals surface area contributed by atoms with Crippen LogP contribution in [0.1, 0.15) is 0 Å². The van der Waals surface area contributed by atoms with Crippen LogP contribution in [0.4, 0.5) is 0 Å². The molecule has 0 rings (SSSR count). The number of carbonyl (C=O) groups is 1. The molecule has 0 spiro atoms. The van der Waals surface area contributed by atoms with Gasteiger partial charge in [0.15, 0.2) is 0 Å². The molecule has 2 nitrogen and oxygen atoms in total. The molecule has 0 unspecified atom stereocenters. The molecule has 30 valence electrons. The first-order valence-corrected chi connectivity index (χ1v) is 1.69. The monoisotopic (exact) mass is 109 g/mol. The molecular weight excluding hydrogens is 106 g/mol. The summed E-state index contributed by atoms with van der Waals surface area (Å²) in [7, 11) is 0. The molecule has 4 heteroatoms. The molecular formula is CH3NOS2. The second kappa shape index (κ2) is 2.41. The van der Waals surface area contributed by atoms with Gasteiger partial charge < -0.3 is 0 Å². The zero-order chi connectivity index (χ0) is 4.28. The average molecular weight is 109 g/mol. The zero-order valence-electron chi connectivity index (χ0n) is 2.33. The van der Waals surface area contributed by atoms with Gasteiger partial charge in [0, 0.05) is 0 Å². The largest absolute Gasteiger partial charge is 0.277 e. The lowest BCUT2D eigenvalue weighted by Crippen LogP contribution is -1.88. The molecule has 0 fully saturated rings. The van der Waals surface area contributed by atoms with Gasteiger partial charge in [0.25, 0.3) is 0 Å². The van der Waals surface area contributed by atoms with Crippen molar-refractivity contribution < 1.29 is 4.79 Å². The Morgan fingerprint density at radius 1 is 1.60 bits per heavy atom. The van der Waals surface area contributed by atoms with Crippen molar-refractivity contribution in [1.82, 2.24) is 3.71 Å². The smallest absolute Gasteiger partial charge is 0.229 e. The number of carbonyl (C=O) groups excluding carboxylic acids is 1. The lowest BCUT2D eigenvalue weighted by Gasteiger charge is -1.88. The van der Waals surface area contributed by atoms with Crippen LogP contribution < -0.4 is 0 Å². The summed E-state index contributed by atoms with van der Waals surface area (Å²) in [6.07, 6.45) is 0.478. The van der Waals surface area contributed by atoms with E-state index in [0.29, 0.717) is 6.41 Å². The number of hydrogen-bond donors (Lipinski definition) is 2. The van der Waals surface area contributed by atoms with Crippen LogP contribution >= 0.6 is 25.6 Å². The van der Waals surface area contributed by atoms with Crippen LogP contribution in [0.2, 0.25) is 0 Å². The first-order chi connectivity index (χ1) is 2.27. The normalized spacial score (nSPS) is 6.80. The van der Waals surface area contributed by atoms with Crippen molar-refractivity contribution in [1.29, 1.82) is 0 Å². The van der Waals surface area contributed by atoms with E-state index in [1.807, 2.05) is 0 Å². The summed E-state index contributed by atoms with van der Waals surface area (Å²) in [5.74, 6) is 0. The van der Waals surface area contributed by atoms with Crippen LogP contribution in [0.5, 0.6) is 0 Å². The number of hydrogen-bond acceptors (Lipinski definition) is 3. The van der Waals surface area contributed by atoms with Crippen molar-refractivity contribution in [3.05, 3.63) is 0 Å².